The summed E-state index contributed by atoms with van der Waals surface area (Å²) >= 11 is 0. The maximum atomic E-state index is 12.8. The molecule has 0 bridgehead atoms. The van der Waals surface area contributed by atoms with E-state index in [0.717, 1.165) is 22.3 Å². The number of aromatic nitrogens is 2. The van der Waals surface area contributed by atoms with Crippen molar-refractivity contribution in [2.45, 2.75) is 25.0 Å². The van der Waals surface area contributed by atoms with Crippen molar-refractivity contribution < 1.29 is 29.0 Å². The molecule has 2 unspecified atom stereocenters. The van der Waals surface area contributed by atoms with Crippen LogP contribution in [0.4, 0.5) is 10.6 Å². The Labute approximate surface area is 201 Å². The molecule has 0 saturated carbocycles. The minimum atomic E-state index is -1.28. The largest absolute Gasteiger partial charge is 0.480 e. The Balaban J connectivity index is 1.46. The predicted molar refractivity (Wildman–Crippen MR) is 127 cm³/mol. The average molecular weight is 479 g/mol. The number of amides is 2. The Morgan fingerprint density at radius 1 is 1.09 bits per heavy atom. The van der Waals surface area contributed by atoms with E-state index in [1.165, 1.54) is 24.9 Å². The standard InChI is InChI=1S/C25H26N4O6/c1-14(34-3)21(24(31)32)27-23(30)19-12-26-29(2)22(19)28-25(33)35-13-20-17-10-6-4-8-15(17)16-9-5-7-11-18(16)20/h4-12,14,20-21H,13H2,1-3H3,(H,27,30)(H,28,33)(H,31,32). The zero-order valence-corrected chi connectivity index (χ0v) is 19.5. The summed E-state index contributed by atoms with van der Waals surface area (Å²) < 4.78 is 11.9. The third kappa shape index (κ3) is 4.73. The Hall–Kier alpha value is -4.18. The zero-order chi connectivity index (χ0) is 25.1. The molecule has 0 fully saturated rings. The number of carboxylic acids is 1. The Morgan fingerprint density at radius 3 is 2.26 bits per heavy atom. The van der Waals surface area contributed by atoms with Gasteiger partial charge in [0.2, 0.25) is 0 Å². The molecule has 3 aromatic rings. The summed E-state index contributed by atoms with van der Waals surface area (Å²) in [6, 6.07) is 14.7. The van der Waals surface area contributed by atoms with E-state index in [0.29, 0.717) is 0 Å². The second-order valence-electron chi connectivity index (χ2n) is 8.21. The highest BCUT2D eigenvalue weighted by Crippen LogP contribution is 2.44. The molecule has 1 aliphatic rings. The lowest BCUT2D eigenvalue weighted by Crippen LogP contribution is -2.48. The minimum Gasteiger partial charge on any atom is -0.480 e. The number of carbonyl (C=O) groups excluding carboxylic acids is 2. The highest BCUT2D eigenvalue weighted by Gasteiger charge is 2.31. The van der Waals surface area contributed by atoms with E-state index in [1.54, 1.807) is 7.05 Å². The molecule has 2 aromatic carbocycles. The highest BCUT2D eigenvalue weighted by molar-refractivity contribution is 6.03. The summed E-state index contributed by atoms with van der Waals surface area (Å²) in [6.07, 6.45) is -0.290. The van der Waals surface area contributed by atoms with Crippen LogP contribution in [0.5, 0.6) is 0 Å². The van der Waals surface area contributed by atoms with Gasteiger partial charge in [0, 0.05) is 20.1 Å². The number of benzene rings is 2. The van der Waals surface area contributed by atoms with Crippen molar-refractivity contribution in [3.63, 3.8) is 0 Å². The summed E-state index contributed by atoms with van der Waals surface area (Å²) in [7, 11) is 2.89. The van der Waals surface area contributed by atoms with Crippen molar-refractivity contribution in [1.29, 1.82) is 0 Å². The fourth-order valence-electron chi connectivity index (χ4n) is 4.22. The topological polar surface area (TPSA) is 132 Å². The van der Waals surface area contributed by atoms with Crippen LogP contribution < -0.4 is 10.6 Å². The number of carboxylic acid groups (broad SMARTS) is 1. The van der Waals surface area contributed by atoms with E-state index in [4.69, 9.17) is 9.47 Å². The fourth-order valence-corrected chi connectivity index (χ4v) is 4.22. The van der Waals surface area contributed by atoms with Crippen LogP contribution in [0, 0.1) is 0 Å². The molecular weight excluding hydrogens is 452 g/mol. The van der Waals surface area contributed by atoms with Crippen LogP contribution in [0.3, 0.4) is 0 Å². The van der Waals surface area contributed by atoms with E-state index in [-0.39, 0.29) is 23.9 Å². The number of anilines is 1. The van der Waals surface area contributed by atoms with Crippen LogP contribution in [0.1, 0.15) is 34.3 Å². The summed E-state index contributed by atoms with van der Waals surface area (Å²) in [6.45, 7) is 1.63. The SMILES string of the molecule is COC(C)C(NC(=O)c1cnn(C)c1NC(=O)OCC1c2ccccc2-c2ccccc21)C(=O)O. The molecule has 10 heteroatoms. The molecule has 35 heavy (non-hydrogen) atoms. The number of ether oxygens (including phenoxy) is 2. The molecular formula is C25H26N4O6. The first-order valence-corrected chi connectivity index (χ1v) is 11.0. The van der Waals surface area contributed by atoms with Gasteiger partial charge in [-0.2, -0.15) is 5.10 Å². The Bertz CT molecular complexity index is 1220. The molecule has 2 atom stereocenters. The molecule has 0 aliphatic heterocycles. The lowest BCUT2D eigenvalue weighted by atomic mass is 9.98. The van der Waals surface area contributed by atoms with Gasteiger partial charge in [-0.25, -0.2) is 9.59 Å². The second-order valence-corrected chi connectivity index (χ2v) is 8.21. The molecule has 2 amide bonds. The van der Waals surface area contributed by atoms with E-state index >= 15 is 0 Å². The number of aryl methyl sites for hydroxylation is 1. The number of methoxy groups -OCH3 is 1. The molecule has 3 N–H and O–H groups in total. The first-order chi connectivity index (χ1) is 16.8. The van der Waals surface area contributed by atoms with E-state index < -0.39 is 30.1 Å². The second kappa shape index (κ2) is 9.98. The van der Waals surface area contributed by atoms with E-state index in [9.17, 15) is 19.5 Å². The van der Waals surface area contributed by atoms with Crippen LogP contribution in [-0.2, 0) is 21.3 Å². The van der Waals surface area contributed by atoms with Gasteiger partial charge >= 0.3 is 12.1 Å². The number of fused-ring (bicyclic) bond motifs is 3. The van der Waals surface area contributed by atoms with Crippen molar-refractivity contribution in [2.24, 2.45) is 7.05 Å². The van der Waals surface area contributed by atoms with Crippen LogP contribution in [-0.4, -0.2) is 58.7 Å². The molecule has 1 heterocycles. The number of carbonyl (C=O) groups is 3. The average Bonchev–Trinajstić information content (AvgIpc) is 3.38. The molecule has 1 aliphatic carbocycles. The normalized spacial score (nSPS) is 13.9. The summed E-state index contributed by atoms with van der Waals surface area (Å²) in [5.41, 5.74) is 4.38. The monoisotopic (exact) mass is 478 g/mol. The molecule has 0 saturated heterocycles. The predicted octanol–water partition coefficient (Wildman–Crippen LogP) is 3.00. The van der Waals surface area contributed by atoms with Crippen molar-refractivity contribution in [3.8, 4) is 11.1 Å². The lowest BCUT2D eigenvalue weighted by molar-refractivity contribution is -0.142. The maximum Gasteiger partial charge on any atom is 0.412 e. The number of nitrogens with zero attached hydrogens (tertiary/aromatic N) is 2. The molecule has 10 nitrogen and oxygen atoms in total. The van der Waals surface area contributed by atoms with Gasteiger partial charge in [-0.05, 0) is 29.2 Å². The van der Waals surface area contributed by atoms with Gasteiger partial charge in [-0.1, -0.05) is 48.5 Å². The van der Waals surface area contributed by atoms with Crippen LogP contribution in [0.2, 0.25) is 0 Å². The van der Waals surface area contributed by atoms with Crippen molar-refractivity contribution >= 4 is 23.8 Å². The Morgan fingerprint density at radius 2 is 1.69 bits per heavy atom. The zero-order valence-electron chi connectivity index (χ0n) is 19.5. The first kappa shape index (κ1) is 24.0. The van der Waals surface area contributed by atoms with E-state index in [1.807, 2.05) is 48.5 Å². The summed E-state index contributed by atoms with van der Waals surface area (Å²) in [5.74, 6) is -2.01. The highest BCUT2D eigenvalue weighted by atomic mass is 16.5. The van der Waals surface area contributed by atoms with Gasteiger partial charge in [0.05, 0.1) is 12.3 Å². The van der Waals surface area contributed by atoms with Gasteiger partial charge in [0.15, 0.2) is 6.04 Å². The van der Waals surface area contributed by atoms with Gasteiger partial charge in [-0.3, -0.25) is 14.8 Å². The van der Waals surface area contributed by atoms with Crippen molar-refractivity contribution in [1.82, 2.24) is 15.1 Å². The van der Waals surface area contributed by atoms with Crippen molar-refractivity contribution in [2.75, 3.05) is 19.0 Å². The number of rotatable bonds is 8. The lowest BCUT2D eigenvalue weighted by Gasteiger charge is -2.20. The molecule has 1 aromatic heterocycles. The first-order valence-electron chi connectivity index (χ1n) is 11.0. The summed E-state index contributed by atoms with van der Waals surface area (Å²) in [4.78, 5) is 37.0. The minimum absolute atomic E-state index is 0.00411. The van der Waals surface area contributed by atoms with Gasteiger partial charge in [0.25, 0.3) is 5.91 Å². The van der Waals surface area contributed by atoms with Gasteiger partial charge in [-0.15, -0.1) is 0 Å². The molecule has 4 rings (SSSR count). The van der Waals surface area contributed by atoms with Crippen LogP contribution >= 0.6 is 0 Å². The van der Waals surface area contributed by atoms with Crippen LogP contribution in [0.25, 0.3) is 11.1 Å². The summed E-state index contributed by atoms with van der Waals surface area (Å²) in [5, 5.41) is 18.4. The van der Waals surface area contributed by atoms with Crippen molar-refractivity contribution in [3.05, 3.63) is 71.4 Å². The molecule has 0 spiro atoms. The van der Waals surface area contributed by atoms with Gasteiger partial charge < -0.3 is 19.9 Å². The number of hydrogen-bond acceptors (Lipinski definition) is 6. The molecule has 182 valence electrons. The third-order valence-electron chi connectivity index (χ3n) is 6.14. The number of nitrogens with one attached hydrogen (secondary N) is 2. The Kier molecular flexibility index (Phi) is 6.83. The maximum absolute atomic E-state index is 12.8. The quantitative estimate of drug-likeness (QED) is 0.453. The number of hydrogen-bond donors (Lipinski definition) is 3. The van der Waals surface area contributed by atoms with Crippen LogP contribution in [0.15, 0.2) is 54.7 Å². The molecule has 0 radical (unpaired) electrons. The number of aliphatic carboxylic acids is 1. The third-order valence-corrected chi connectivity index (χ3v) is 6.14. The fraction of sp³-hybridized carbons (Fsp3) is 0.280. The van der Waals surface area contributed by atoms with Gasteiger partial charge in [0.1, 0.15) is 18.0 Å². The smallest absolute Gasteiger partial charge is 0.412 e. The van der Waals surface area contributed by atoms with E-state index in [2.05, 4.69) is 15.7 Å².